The quantitative estimate of drug-likeness (QED) is 0.0646. The second-order valence-corrected chi connectivity index (χ2v) is 22.8. The highest BCUT2D eigenvalue weighted by atomic mass is 28.4. The van der Waals surface area contributed by atoms with E-state index in [1.54, 1.807) is 14.2 Å². The summed E-state index contributed by atoms with van der Waals surface area (Å²) in [6, 6.07) is 26.6. The molecule has 67 heavy (non-hydrogen) atoms. The Hall–Kier alpha value is -5.39. The van der Waals surface area contributed by atoms with Crippen molar-refractivity contribution < 1.29 is 41.4 Å². The van der Waals surface area contributed by atoms with Gasteiger partial charge in [0.2, 0.25) is 0 Å². The summed E-state index contributed by atoms with van der Waals surface area (Å²) >= 11 is 0. The molecule has 0 bridgehead atoms. The molecule has 1 fully saturated rings. The van der Waals surface area contributed by atoms with Crippen molar-refractivity contribution in [1.82, 2.24) is 0 Å². The van der Waals surface area contributed by atoms with Gasteiger partial charge in [-0.25, -0.2) is 4.85 Å². The molecule has 0 radical (unpaired) electrons. The van der Waals surface area contributed by atoms with Gasteiger partial charge in [0.15, 0.2) is 11.3 Å². The van der Waals surface area contributed by atoms with Crippen LogP contribution < -0.4 is 23.8 Å². The summed E-state index contributed by atoms with van der Waals surface area (Å²) in [5, 5.41) is 1.99. The monoisotopic (exact) mass is 926 g/mol. The van der Waals surface area contributed by atoms with Crippen LogP contribution in [0.4, 0.5) is 11.4 Å². The molecule has 0 spiro atoms. The molecular formula is C55H66N2O9Si. The van der Waals surface area contributed by atoms with Gasteiger partial charge >= 0.3 is 9.05 Å². The smallest absolute Gasteiger partial charge is 0.497 e. The second kappa shape index (κ2) is 17.9. The standard InChI is InChI=1S/C55H66N2O9Si/c1-51(2,3)64-67(65-52(4,5)6,66-53(7,8)9)62-32-31-61-40-22-17-37(18-23-40)55(36-15-20-39(58-13)21-16-36)26-25-42-49-48(41-24-19-38(56-12)33-45(41)54(49,10)11)43-34-46(57-27-29-60-30-28-57)47(59-14)35-44(43)50(42)63-55/h15-26,33-35H,27-32H2,1-11,13-14H3. The molecule has 1 saturated heterocycles. The van der Waals surface area contributed by atoms with Crippen LogP contribution in [0.5, 0.6) is 23.0 Å². The maximum atomic E-state index is 7.88. The van der Waals surface area contributed by atoms with E-state index in [9.17, 15) is 0 Å². The topological polar surface area (TPSA) is 90.7 Å². The zero-order chi connectivity index (χ0) is 48.2. The van der Waals surface area contributed by atoms with Crippen molar-refractivity contribution in [1.29, 1.82) is 0 Å². The number of methoxy groups -OCH3 is 2. The molecular weight excluding hydrogens is 861 g/mol. The molecule has 0 saturated carbocycles. The van der Waals surface area contributed by atoms with E-state index in [1.807, 2.05) is 92.6 Å². The van der Waals surface area contributed by atoms with Crippen molar-refractivity contribution in [3.05, 3.63) is 124 Å². The summed E-state index contributed by atoms with van der Waals surface area (Å²) in [4.78, 5) is 6.17. The van der Waals surface area contributed by atoms with E-state index in [0.717, 1.165) is 85.7 Å². The Labute approximate surface area is 398 Å². The Kier molecular flexibility index (Phi) is 12.9. The van der Waals surface area contributed by atoms with Crippen LogP contribution in [0.3, 0.4) is 0 Å². The molecule has 5 aromatic carbocycles. The highest BCUT2D eigenvalue weighted by Gasteiger charge is 2.54. The van der Waals surface area contributed by atoms with Crippen molar-refractivity contribution in [2.24, 2.45) is 0 Å². The van der Waals surface area contributed by atoms with E-state index < -0.39 is 36.9 Å². The number of nitrogens with zero attached hydrogens (tertiary/aromatic N) is 2. The van der Waals surface area contributed by atoms with Crippen LogP contribution in [0.1, 0.15) is 104 Å². The summed E-state index contributed by atoms with van der Waals surface area (Å²) in [5.74, 6) is 2.92. The van der Waals surface area contributed by atoms with Crippen molar-refractivity contribution >= 4 is 37.3 Å². The first-order valence-electron chi connectivity index (χ1n) is 23.2. The van der Waals surface area contributed by atoms with Crippen LogP contribution in [0.2, 0.25) is 0 Å². The number of ether oxygens (including phenoxy) is 5. The van der Waals surface area contributed by atoms with E-state index in [0.29, 0.717) is 24.7 Å². The molecule has 3 aliphatic rings. The summed E-state index contributed by atoms with van der Waals surface area (Å²) in [6.07, 6.45) is 4.39. The van der Waals surface area contributed by atoms with Gasteiger partial charge in [-0.2, -0.15) is 0 Å². The molecule has 12 heteroatoms. The van der Waals surface area contributed by atoms with Crippen LogP contribution in [-0.4, -0.2) is 79.6 Å². The van der Waals surface area contributed by atoms with Crippen molar-refractivity contribution in [2.45, 2.75) is 104 Å². The van der Waals surface area contributed by atoms with Crippen molar-refractivity contribution in [2.75, 3.05) is 58.6 Å². The van der Waals surface area contributed by atoms with E-state index in [-0.39, 0.29) is 13.2 Å². The number of rotatable bonds is 13. The van der Waals surface area contributed by atoms with Gasteiger partial charge in [0, 0.05) is 40.6 Å². The lowest BCUT2D eigenvalue weighted by atomic mass is 9.76. The summed E-state index contributed by atoms with van der Waals surface area (Å²) in [6.45, 7) is 33.3. The van der Waals surface area contributed by atoms with Gasteiger partial charge in [-0.3, -0.25) is 0 Å². The SMILES string of the molecule is [C-]#[N+]c1ccc2c(c1)C(C)(C)c1c3c(c4cc(OC)c(N5CCOCC5)cc4c1-2)OC(c1ccc(OC)cc1)(c1ccc(OCCO[Si](OC(C)(C)C)(OC(C)(C)C)OC(C)(C)C)cc1)C=C3. The number of hydrogen-bond donors (Lipinski definition) is 0. The molecule has 354 valence electrons. The minimum Gasteiger partial charge on any atom is -0.497 e. The Bertz CT molecular complexity index is 2660. The largest absolute Gasteiger partial charge is 0.681 e. The fourth-order valence-corrected chi connectivity index (χ4v) is 12.4. The first kappa shape index (κ1) is 48.1. The third kappa shape index (κ3) is 9.69. The van der Waals surface area contributed by atoms with E-state index in [1.165, 1.54) is 0 Å². The lowest BCUT2D eigenvalue weighted by Crippen LogP contribution is -2.59. The number of fused-ring (bicyclic) bond motifs is 8. The lowest BCUT2D eigenvalue weighted by Gasteiger charge is -2.41. The highest BCUT2D eigenvalue weighted by molar-refractivity contribution is 6.54. The molecule has 1 atom stereocenters. The Morgan fingerprint density at radius 2 is 1.31 bits per heavy atom. The molecule has 0 aromatic heterocycles. The van der Waals surface area contributed by atoms with E-state index in [2.05, 4.69) is 84.3 Å². The van der Waals surface area contributed by atoms with E-state index >= 15 is 0 Å². The van der Waals surface area contributed by atoms with Gasteiger partial charge in [-0.1, -0.05) is 62.4 Å². The van der Waals surface area contributed by atoms with Crippen LogP contribution in [0, 0.1) is 6.57 Å². The number of benzene rings is 5. The van der Waals surface area contributed by atoms with Gasteiger partial charge in [0.1, 0.15) is 29.6 Å². The number of morpholine rings is 1. The molecule has 5 aromatic rings. The Balaban J connectivity index is 1.20. The van der Waals surface area contributed by atoms with Gasteiger partial charge in [0.25, 0.3) is 0 Å². The molecule has 11 nitrogen and oxygen atoms in total. The fraction of sp³-hybridized carbons (Fsp3) is 0.436. The molecule has 1 aliphatic carbocycles. The maximum absolute atomic E-state index is 7.88. The third-order valence-corrected chi connectivity index (χ3v) is 15.3. The lowest BCUT2D eigenvalue weighted by molar-refractivity contribution is -0.135. The zero-order valence-corrected chi connectivity index (χ0v) is 42.5. The zero-order valence-electron chi connectivity index (χ0n) is 41.5. The Morgan fingerprint density at radius 1 is 0.716 bits per heavy atom. The second-order valence-electron chi connectivity index (χ2n) is 20.9. The molecule has 2 aliphatic heterocycles. The first-order valence-corrected chi connectivity index (χ1v) is 24.8. The van der Waals surface area contributed by atoms with Gasteiger partial charge < -0.3 is 46.3 Å². The van der Waals surface area contributed by atoms with Crippen LogP contribution >= 0.6 is 0 Å². The molecule has 1 unspecified atom stereocenters. The van der Waals surface area contributed by atoms with Gasteiger partial charge in [-0.05, 0) is 132 Å². The number of anilines is 1. The minimum absolute atomic E-state index is 0.183. The summed E-state index contributed by atoms with van der Waals surface area (Å²) < 4.78 is 57.6. The average molecular weight is 927 g/mol. The summed E-state index contributed by atoms with van der Waals surface area (Å²) in [7, 11) is -0.275. The first-order chi connectivity index (χ1) is 31.6. The molecule has 0 N–H and O–H groups in total. The van der Waals surface area contributed by atoms with Crippen LogP contribution in [-0.2, 0) is 33.5 Å². The minimum atomic E-state index is -3.67. The predicted octanol–water partition coefficient (Wildman–Crippen LogP) is 12.2. The number of hydrogen-bond acceptors (Lipinski definition) is 10. The average Bonchev–Trinajstić information content (AvgIpc) is 3.51. The van der Waals surface area contributed by atoms with E-state index in [4.69, 9.17) is 48.0 Å². The Morgan fingerprint density at radius 3 is 1.87 bits per heavy atom. The molecule has 8 rings (SSSR count). The van der Waals surface area contributed by atoms with Crippen LogP contribution in [0.15, 0.2) is 84.9 Å². The van der Waals surface area contributed by atoms with Gasteiger partial charge in [0.05, 0.1) is 63.1 Å². The fourth-order valence-electron chi connectivity index (χ4n) is 9.49. The predicted molar refractivity (Wildman–Crippen MR) is 267 cm³/mol. The molecule has 2 heterocycles. The van der Waals surface area contributed by atoms with Gasteiger partial charge in [-0.15, -0.1) is 0 Å². The summed E-state index contributed by atoms with van der Waals surface area (Å²) in [5.41, 5.74) is 5.76. The third-order valence-electron chi connectivity index (χ3n) is 12.1. The highest BCUT2D eigenvalue weighted by Crippen LogP contribution is 2.59. The molecule has 0 amide bonds. The van der Waals surface area contributed by atoms with Crippen molar-refractivity contribution in [3.63, 3.8) is 0 Å². The van der Waals surface area contributed by atoms with Crippen molar-refractivity contribution in [3.8, 4) is 34.1 Å². The van der Waals surface area contributed by atoms with Crippen LogP contribution in [0.25, 0.3) is 32.8 Å². The normalized spacial score (nSPS) is 17.9. The maximum Gasteiger partial charge on any atom is 0.681 e.